The second-order valence-corrected chi connectivity index (χ2v) is 6.94. The first kappa shape index (κ1) is 25.5. The van der Waals surface area contributed by atoms with E-state index >= 15 is 0 Å². The molecule has 2 aliphatic rings. The summed E-state index contributed by atoms with van der Waals surface area (Å²) in [5.74, 6) is 0. The van der Waals surface area contributed by atoms with Gasteiger partial charge in [-0.25, -0.2) is 42.5 Å². The Morgan fingerprint density at radius 3 is 1.36 bits per heavy atom. The van der Waals surface area contributed by atoms with Gasteiger partial charge in [0.25, 0.3) is 0 Å². The highest BCUT2D eigenvalue weighted by molar-refractivity contribution is 4.86. The lowest BCUT2D eigenvalue weighted by Crippen LogP contribution is -2.55. The molecule has 0 saturated carbocycles. The lowest BCUT2D eigenvalue weighted by Gasteiger charge is -2.11. The highest BCUT2D eigenvalue weighted by atomic mass is 16.6. The van der Waals surface area contributed by atoms with Gasteiger partial charge in [0.05, 0.1) is 45.1 Å². The van der Waals surface area contributed by atoms with Crippen LogP contribution >= 0.6 is 0 Å². The third kappa shape index (κ3) is 7.69. The summed E-state index contributed by atoms with van der Waals surface area (Å²) >= 11 is 0. The quantitative estimate of drug-likeness (QED) is 0.294. The molecule has 0 radical (unpaired) electrons. The molecule has 4 heterocycles. The topological polar surface area (TPSA) is 190 Å². The van der Waals surface area contributed by atoms with Crippen molar-refractivity contribution < 1.29 is 9.47 Å². The van der Waals surface area contributed by atoms with Gasteiger partial charge in [-0.15, -0.1) is 13.2 Å². The van der Waals surface area contributed by atoms with E-state index in [4.69, 9.17) is 9.47 Å². The number of hydrogen-bond acceptors (Lipinski definition) is 8. The molecule has 2 saturated heterocycles. The first-order valence-electron chi connectivity index (χ1n) is 10.0. The van der Waals surface area contributed by atoms with Crippen molar-refractivity contribution in [1.82, 2.24) is 28.7 Å². The Balaban J connectivity index is 0.000000246. The van der Waals surface area contributed by atoms with E-state index in [2.05, 4.69) is 20.1 Å². The summed E-state index contributed by atoms with van der Waals surface area (Å²) in [5.41, 5.74) is -4.26. The molecule has 0 amide bonds. The van der Waals surface area contributed by atoms with Crippen molar-refractivity contribution in [2.24, 2.45) is 0 Å². The molecule has 2 atom stereocenters. The Hall–Kier alpha value is -3.78. The van der Waals surface area contributed by atoms with E-state index in [1.165, 1.54) is 6.08 Å². The smallest absolute Gasteiger partial charge is 0.336 e. The molecule has 0 aliphatic carbocycles. The number of rotatable bonds is 7. The molecule has 3 N–H and O–H groups in total. The number of aromatic nitrogens is 6. The number of epoxide rings is 2. The Morgan fingerprint density at radius 1 is 0.758 bits per heavy atom. The molecule has 2 fully saturated rings. The molecule has 4 rings (SSSR count). The summed E-state index contributed by atoms with van der Waals surface area (Å²) in [6, 6.07) is 0. The molecule has 180 valence electrons. The maximum absolute atomic E-state index is 12.3. The SMILES string of the molecule is C=CCC.C=CCn1c(=O)n(CC2CO2)c(=O)n(CC2CO2)c1=O.O=c1[nH]c(=O)[nH]c(=O)[nH]1. The third-order valence-corrected chi connectivity index (χ3v) is 4.24. The van der Waals surface area contributed by atoms with Crippen molar-refractivity contribution in [2.75, 3.05) is 13.2 Å². The number of nitrogens with one attached hydrogen (secondary N) is 3. The summed E-state index contributed by atoms with van der Waals surface area (Å²) < 4.78 is 13.2. The average Bonchev–Trinajstić information content (AvgIpc) is 3.67. The zero-order valence-corrected chi connectivity index (χ0v) is 18.1. The predicted molar refractivity (Wildman–Crippen MR) is 118 cm³/mol. The minimum Gasteiger partial charge on any atom is -0.371 e. The van der Waals surface area contributed by atoms with Gasteiger partial charge in [0, 0.05) is 0 Å². The standard InChI is InChI=1S/C12H15N3O5.C4H8.C3H3N3O3/c1-2-3-13-10(16)14(4-8-6-19-8)12(18)15(11(13)17)5-9-7-20-9;1-3-4-2;7-1-4-2(8)6-3(9)5-1/h2,8-9H,1,3-7H2;3H,1,4H2,2H3;(H3,4,5,6,7,8,9). The van der Waals surface area contributed by atoms with Crippen LogP contribution in [-0.4, -0.2) is 54.1 Å². The normalized spacial score (nSPS) is 17.6. The van der Waals surface area contributed by atoms with Crippen molar-refractivity contribution in [3.8, 4) is 0 Å². The lowest BCUT2D eigenvalue weighted by molar-refractivity contribution is 0.343. The van der Waals surface area contributed by atoms with Crippen LogP contribution in [0.3, 0.4) is 0 Å². The Labute approximate surface area is 185 Å². The zero-order valence-electron chi connectivity index (χ0n) is 18.1. The van der Waals surface area contributed by atoms with Gasteiger partial charge < -0.3 is 9.47 Å². The van der Waals surface area contributed by atoms with Crippen molar-refractivity contribution in [3.05, 3.63) is 88.2 Å². The Kier molecular flexibility index (Phi) is 9.06. The average molecular weight is 466 g/mol. The van der Waals surface area contributed by atoms with Gasteiger partial charge in [0.15, 0.2) is 0 Å². The summed E-state index contributed by atoms with van der Waals surface area (Å²) in [6.07, 6.45) is 4.16. The number of nitrogens with zero attached hydrogens (tertiary/aromatic N) is 3. The summed E-state index contributed by atoms with van der Waals surface area (Å²) in [5, 5.41) is 0. The second-order valence-electron chi connectivity index (χ2n) is 6.94. The Bertz CT molecular complexity index is 1190. The predicted octanol–water partition coefficient (Wildman–Crippen LogP) is -2.51. The molecule has 0 bridgehead atoms. The van der Waals surface area contributed by atoms with Gasteiger partial charge in [-0.2, -0.15) is 0 Å². The molecule has 33 heavy (non-hydrogen) atoms. The Morgan fingerprint density at radius 2 is 1.09 bits per heavy atom. The van der Waals surface area contributed by atoms with Crippen molar-refractivity contribution in [1.29, 1.82) is 0 Å². The van der Waals surface area contributed by atoms with E-state index in [0.29, 0.717) is 13.2 Å². The van der Waals surface area contributed by atoms with Gasteiger partial charge in [-0.05, 0) is 6.42 Å². The summed E-state index contributed by atoms with van der Waals surface area (Å²) in [7, 11) is 0. The van der Waals surface area contributed by atoms with Gasteiger partial charge in [-0.3, -0.25) is 15.0 Å². The molecule has 0 aromatic carbocycles. The number of allylic oxidation sites excluding steroid dienone is 2. The minimum absolute atomic E-state index is 0.0645. The fourth-order valence-corrected chi connectivity index (χ4v) is 2.44. The monoisotopic (exact) mass is 466 g/mol. The second kappa shape index (κ2) is 11.7. The largest absolute Gasteiger partial charge is 0.371 e. The van der Waals surface area contributed by atoms with Crippen LogP contribution < -0.4 is 34.1 Å². The molecule has 2 aromatic rings. The first-order valence-corrected chi connectivity index (χ1v) is 10.0. The number of hydrogen-bond donors (Lipinski definition) is 3. The zero-order chi connectivity index (χ0) is 24.5. The number of H-pyrrole nitrogens is 3. The maximum atomic E-state index is 12.3. The fraction of sp³-hybridized carbons (Fsp3) is 0.474. The van der Waals surface area contributed by atoms with Gasteiger partial charge in [0.2, 0.25) is 0 Å². The van der Waals surface area contributed by atoms with Crippen LogP contribution in [0, 0.1) is 0 Å². The molecule has 14 nitrogen and oxygen atoms in total. The molecule has 14 heteroatoms. The van der Waals surface area contributed by atoms with Crippen LogP contribution in [0.1, 0.15) is 13.3 Å². The van der Waals surface area contributed by atoms with Gasteiger partial charge in [0.1, 0.15) is 0 Å². The number of aromatic amines is 3. The van der Waals surface area contributed by atoms with Crippen LogP contribution in [0.5, 0.6) is 0 Å². The van der Waals surface area contributed by atoms with E-state index in [-0.39, 0.29) is 31.8 Å². The van der Waals surface area contributed by atoms with E-state index in [0.717, 1.165) is 20.1 Å². The summed E-state index contributed by atoms with van der Waals surface area (Å²) in [4.78, 5) is 72.6. The third-order valence-electron chi connectivity index (χ3n) is 4.24. The fourth-order valence-electron chi connectivity index (χ4n) is 2.44. The molecular formula is C19H26N6O8. The summed E-state index contributed by atoms with van der Waals surface area (Å²) in [6.45, 7) is 10.5. The van der Waals surface area contributed by atoms with E-state index in [9.17, 15) is 28.8 Å². The molecule has 2 aliphatic heterocycles. The van der Waals surface area contributed by atoms with Crippen LogP contribution in [0.15, 0.2) is 54.1 Å². The van der Waals surface area contributed by atoms with Crippen molar-refractivity contribution in [2.45, 2.75) is 45.2 Å². The highest BCUT2D eigenvalue weighted by Gasteiger charge is 2.29. The van der Waals surface area contributed by atoms with Gasteiger partial charge in [-0.1, -0.05) is 19.1 Å². The number of ether oxygens (including phenoxy) is 2. The minimum atomic E-state index is -0.802. The molecular weight excluding hydrogens is 440 g/mol. The van der Waals surface area contributed by atoms with Crippen molar-refractivity contribution in [3.63, 3.8) is 0 Å². The van der Waals surface area contributed by atoms with E-state index in [1.807, 2.05) is 6.08 Å². The molecule has 2 unspecified atom stereocenters. The van der Waals surface area contributed by atoms with E-state index < -0.39 is 34.1 Å². The van der Waals surface area contributed by atoms with Crippen molar-refractivity contribution >= 4 is 0 Å². The van der Waals surface area contributed by atoms with Gasteiger partial charge >= 0.3 is 34.1 Å². The maximum Gasteiger partial charge on any atom is 0.336 e. The molecule has 2 aromatic heterocycles. The van der Waals surface area contributed by atoms with Crippen LogP contribution in [0.4, 0.5) is 0 Å². The van der Waals surface area contributed by atoms with Crippen LogP contribution in [-0.2, 0) is 29.1 Å². The first-order chi connectivity index (χ1) is 15.7. The lowest BCUT2D eigenvalue weighted by atomic mass is 10.4. The van der Waals surface area contributed by atoms with E-state index in [1.54, 1.807) is 15.0 Å². The highest BCUT2D eigenvalue weighted by Crippen LogP contribution is 2.10. The van der Waals surface area contributed by atoms with Crippen LogP contribution in [0.2, 0.25) is 0 Å². The van der Waals surface area contributed by atoms with Crippen LogP contribution in [0.25, 0.3) is 0 Å². The molecule has 0 spiro atoms.